The van der Waals surface area contributed by atoms with Crippen molar-refractivity contribution in [1.29, 1.82) is 0 Å². The Labute approximate surface area is 101 Å². The van der Waals surface area contributed by atoms with Crippen molar-refractivity contribution in [2.75, 3.05) is 0 Å². The fourth-order valence-electron chi connectivity index (χ4n) is 2.60. The molecule has 0 aliphatic heterocycles. The minimum Gasteiger partial charge on any atom is -0.326 e. The number of hydrogen-bond donors (Lipinski definition) is 1. The number of aromatic nitrogens is 3. The van der Waals surface area contributed by atoms with Crippen LogP contribution in [0.3, 0.4) is 0 Å². The minimum atomic E-state index is 0.550. The lowest BCUT2D eigenvalue weighted by Gasteiger charge is -2.17. The van der Waals surface area contributed by atoms with E-state index in [2.05, 4.69) is 10.1 Å². The highest BCUT2D eigenvalue weighted by Gasteiger charge is 2.19. The molecular weight excluding hydrogens is 212 g/mol. The third kappa shape index (κ3) is 2.05. The van der Waals surface area contributed by atoms with Crippen LogP contribution in [0.25, 0.3) is 5.65 Å². The maximum absolute atomic E-state index is 5.63. The summed E-state index contributed by atoms with van der Waals surface area (Å²) in [6.45, 7) is 0.550. The molecule has 0 unspecified atom stereocenters. The normalized spacial score (nSPS) is 17.7. The first-order valence-corrected chi connectivity index (χ1v) is 6.42. The van der Waals surface area contributed by atoms with Crippen LogP contribution < -0.4 is 5.73 Å². The van der Waals surface area contributed by atoms with E-state index in [4.69, 9.17) is 5.73 Å². The molecule has 1 aliphatic rings. The predicted molar refractivity (Wildman–Crippen MR) is 66.7 cm³/mol. The highest BCUT2D eigenvalue weighted by atomic mass is 15.3. The summed E-state index contributed by atoms with van der Waals surface area (Å²) in [7, 11) is 0. The van der Waals surface area contributed by atoms with E-state index in [1.807, 2.05) is 22.8 Å². The summed E-state index contributed by atoms with van der Waals surface area (Å²) in [5, 5.41) is 4.60. The van der Waals surface area contributed by atoms with Crippen molar-refractivity contribution in [3.8, 4) is 0 Å². The number of hydrogen-bond acceptors (Lipinski definition) is 3. The van der Waals surface area contributed by atoms with Gasteiger partial charge in [0, 0.05) is 18.7 Å². The van der Waals surface area contributed by atoms with E-state index in [-0.39, 0.29) is 0 Å². The average Bonchev–Trinajstić information content (AvgIpc) is 2.82. The van der Waals surface area contributed by atoms with Crippen LogP contribution in [-0.2, 0) is 6.54 Å². The summed E-state index contributed by atoms with van der Waals surface area (Å²) < 4.78 is 1.87. The molecule has 0 radical (unpaired) electrons. The molecule has 4 heteroatoms. The quantitative estimate of drug-likeness (QED) is 0.860. The first kappa shape index (κ1) is 10.7. The van der Waals surface area contributed by atoms with Crippen LogP contribution in [-0.4, -0.2) is 14.6 Å². The fraction of sp³-hybridized carbons (Fsp3) is 0.538. The van der Waals surface area contributed by atoms with Crippen LogP contribution in [0.1, 0.15) is 49.4 Å². The zero-order valence-corrected chi connectivity index (χ0v) is 9.97. The second-order valence-corrected chi connectivity index (χ2v) is 4.85. The molecule has 0 saturated heterocycles. The van der Waals surface area contributed by atoms with E-state index in [9.17, 15) is 0 Å². The van der Waals surface area contributed by atoms with Crippen molar-refractivity contribution >= 4 is 5.65 Å². The molecule has 2 heterocycles. The van der Waals surface area contributed by atoms with Crippen LogP contribution in [0, 0.1) is 0 Å². The third-order valence-corrected chi connectivity index (χ3v) is 3.61. The third-order valence-electron chi connectivity index (χ3n) is 3.61. The van der Waals surface area contributed by atoms with Gasteiger partial charge in [0.25, 0.3) is 0 Å². The summed E-state index contributed by atoms with van der Waals surface area (Å²) in [5.41, 5.74) is 7.66. The monoisotopic (exact) mass is 230 g/mol. The standard InChI is InChI=1S/C13H18N4/c14-8-10-6-7-12-15-13(16-17(12)9-10)11-4-2-1-3-5-11/h6-7,9,11H,1-5,8,14H2. The Balaban J connectivity index is 1.95. The van der Waals surface area contributed by atoms with E-state index < -0.39 is 0 Å². The lowest BCUT2D eigenvalue weighted by atomic mass is 9.89. The SMILES string of the molecule is NCc1ccc2nc(C3CCCCC3)nn2c1. The van der Waals surface area contributed by atoms with E-state index >= 15 is 0 Å². The van der Waals surface area contributed by atoms with Gasteiger partial charge >= 0.3 is 0 Å². The number of nitrogens with zero attached hydrogens (tertiary/aromatic N) is 3. The largest absolute Gasteiger partial charge is 0.326 e. The Morgan fingerprint density at radius 2 is 2.06 bits per heavy atom. The first-order chi connectivity index (χ1) is 8.36. The molecule has 4 nitrogen and oxygen atoms in total. The van der Waals surface area contributed by atoms with Gasteiger partial charge in [0.15, 0.2) is 11.5 Å². The molecule has 0 amide bonds. The van der Waals surface area contributed by atoms with Gasteiger partial charge in [-0.05, 0) is 24.5 Å². The average molecular weight is 230 g/mol. The van der Waals surface area contributed by atoms with Gasteiger partial charge in [0.1, 0.15) is 0 Å². The minimum absolute atomic E-state index is 0.550. The van der Waals surface area contributed by atoms with Crippen LogP contribution >= 0.6 is 0 Å². The molecule has 0 spiro atoms. The Hall–Kier alpha value is -1.42. The molecule has 2 aromatic heterocycles. The Bertz CT molecular complexity index is 511. The molecule has 17 heavy (non-hydrogen) atoms. The number of fused-ring (bicyclic) bond motifs is 1. The molecule has 0 aromatic carbocycles. The highest BCUT2D eigenvalue weighted by Crippen LogP contribution is 2.30. The van der Waals surface area contributed by atoms with Gasteiger partial charge in [-0.15, -0.1) is 0 Å². The van der Waals surface area contributed by atoms with E-state index in [0.29, 0.717) is 12.5 Å². The number of nitrogens with two attached hydrogens (primary N) is 1. The van der Waals surface area contributed by atoms with Gasteiger partial charge in [-0.3, -0.25) is 0 Å². The second kappa shape index (κ2) is 4.45. The van der Waals surface area contributed by atoms with E-state index in [1.54, 1.807) is 0 Å². The number of pyridine rings is 1. The van der Waals surface area contributed by atoms with Gasteiger partial charge in [0.05, 0.1) is 0 Å². The van der Waals surface area contributed by atoms with Gasteiger partial charge in [-0.2, -0.15) is 5.10 Å². The lowest BCUT2D eigenvalue weighted by Crippen LogP contribution is -2.06. The molecule has 90 valence electrons. The fourth-order valence-corrected chi connectivity index (χ4v) is 2.60. The summed E-state index contributed by atoms with van der Waals surface area (Å²) in [4.78, 5) is 4.62. The molecule has 1 fully saturated rings. The summed E-state index contributed by atoms with van der Waals surface area (Å²) in [5.74, 6) is 1.57. The van der Waals surface area contributed by atoms with Crippen LogP contribution in [0.5, 0.6) is 0 Å². The zero-order valence-electron chi connectivity index (χ0n) is 9.97. The zero-order chi connectivity index (χ0) is 11.7. The van der Waals surface area contributed by atoms with Crippen molar-refractivity contribution < 1.29 is 0 Å². The van der Waals surface area contributed by atoms with E-state index in [1.165, 1.54) is 32.1 Å². The molecule has 3 rings (SSSR count). The molecule has 0 atom stereocenters. The van der Waals surface area contributed by atoms with Crippen molar-refractivity contribution in [1.82, 2.24) is 14.6 Å². The summed E-state index contributed by atoms with van der Waals surface area (Å²) in [6, 6.07) is 4.02. The summed E-state index contributed by atoms with van der Waals surface area (Å²) in [6.07, 6.45) is 8.44. The molecule has 2 N–H and O–H groups in total. The molecule has 1 saturated carbocycles. The van der Waals surface area contributed by atoms with E-state index in [0.717, 1.165) is 17.0 Å². The Kier molecular flexibility index (Phi) is 2.81. The van der Waals surface area contributed by atoms with Crippen LogP contribution in [0.2, 0.25) is 0 Å². The first-order valence-electron chi connectivity index (χ1n) is 6.42. The maximum atomic E-state index is 5.63. The molecule has 2 aromatic rings. The lowest BCUT2D eigenvalue weighted by molar-refractivity contribution is 0.429. The van der Waals surface area contributed by atoms with Crippen molar-refractivity contribution in [2.45, 2.75) is 44.6 Å². The van der Waals surface area contributed by atoms with Gasteiger partial charge < -0.3 is 5.73 Å². The van der Waals surface area contributed by atoms with Gasteiger partial charge in [0.2, 0.25) is 0 Å². The highest BCUT2D eigenvalue weighted by molar-refractivity contribution is 5.39. The Morgan fingerprint density at radius 1 is 1.24 bits per heavy atom. The number of rotatable bonds is 2. The smallest absolute Gasteiger partial charge is 0.155 e. The topological polar surface area (TPSA) is 56.2 Å². The van der Waals surface area contributed by atoms with Crippen molar-refractivity contribution in [3.05, 3.63) is 29.7 Å². The Morgan fingerprint density at radius 3 is 2.82 bits per heavy atom. The summed E-state index contributed by atoms with van der Waals surface area (Å²) >= 11 is 0. The second-order valence-electron chi connectivity index (χ2n) is 4.85. The predicted octanol–water partition coefficient (Wildman–Crippen LogP) is 2.24. The molecular formula is C13H18N4. The van der Waals surface area contributed by atoms with Crippen molar-refractivity contribution in [2.24, 2.45) is 5.73 Å². The van der Waals surface area contributed by atoms with Gasteiger partial charge in [-0.25, -0.2) is 9.50 Å². The molecule has 1 aliphatic carbocycles. The maximum Gasteiger partial charge on any atom is 0.155 e. The van der Waals surface area contributed by atoms with Gasteiger partial charge in [-0.1, -0.05) is 25.3 Å². The van der Waals surface area contributed by atoms with Crippen LogP contribution in [0.15, 0.2) is 18.3 Å². The van der Waals surface area contributed by atoms with Crippen molar-refractivity contribution in [3.63, 3.8) is 0 Å². The molecule has 0 bridgehead atoms. The van der Waals surface area contributed by atoms with Crippen LogP contribution in [0.4, 0.5) is 0 Å².